The smallest absolute Gasteiger partial charge is 0.327 e. The number of alkyl halides is 3. The van der Waals surface area contributed by atoms with Crippen molar-refractivity contribution in [3.8, 4) is 0 Å². The first kappa shape index (κ1) is 15.9. The van der Waals surface area contributed by atoms with E-state index >= 15 is 0 Å². The second-order valence-corrected chi connectivity index (χ2v) is 6.09. The van der Waals surface area contributed by atoms with Gasteiger partial charge in [0, 0.05) is 6.04 Å². The van der Waals surface area contributed by atoms with Gasteiger partial charge in [-0.2, -0.15) is 21.9 Å². The number of aromatic nitrogens is 2. The first-order chi connectivity index (χ1) is 10.9. The Bertz CT molecular complexity index is 698. The lowest BCUT2D eigenvalue weighted by molar-refractivity contribution is -0.137. The number of hydrogen-bond acceptors (Lipinski definition) is 4. The van der Waals surface area contributed by atoms with E-state index in [2.05, 4.69) is 8.75 Å². The third-order valence-electron chi connectivity index (χ3n) is 3.87. The SMILES string of the molecule is C[C@H](c1cccc(C(F)(F)F)c1)N(C(=O)c1cnsn1)C1CC1. The number of halogens is 3. The fraction of sp³-hybridized carbons (Fsp3) is 0.400. The number of carbonyl (C=O) groups is 1. The van der Waals surface area contributed by atoms with Crippen LogP contribution in [0.2, 0.25) is 0 Å². The fourth-order valence-corrected chi connectivity index (χ4v) is 2.94. The summed E-state index contributed by atoms with van der Waals surface area (Å²) >= 11 is 0.935. The van der Waals surface area contributed by atoms with Crippen LogP contribution in [0.15, 0.2) is 30.5 Å². The molecule has 1 aliphatic carbocycles. The number of carbonyl (C=O) groups excluding carboxylic acids is 1. The van der Waals surface area contributed by atoms with E-state index in [1.807, 2.05) is 0 Å². The van der Waals surface area contributed by atoms with Crippen molar-refractivity contribution in [2.24, 2.45) is 0 Å². The zero-order valence-corrected chi connectivity index (χ0v) is 13.1. The van der Waals surface area contributed by atoms with Gasteiger partial charge in [0.2, 0.25) is 0 Å². The van der Waals surface area contributed by atoms with Gasteiger partial charge < -0.3 is 4.90 Å². The molecule has 1 aromatic heterocycles. The molecule has 1 amide bonds. The average molecular weight is 341 g/mol. The van der Waals surface area contributed by atoms with Crippen molar-refractivity contribution in [2.75, 3.05) is 0 Å². The largest absolute Gasteiger partial charge is 0.416 e. The number of rotatable bonds is 4. The Hall–Kier alpha value is -1.96. The van der Waals surface area contributed by atoms with Crippen LogP contribution in [0.1, 0.15) is 47.4 Å². The van der Waals surface area contributed by atoms with E-state index < -0.39 is 17.8 Å². The molecule has 3 rings (SSSR count). The average Bonchev–Trinajstić information content (AvgIpc) is 3.18. The van der Waals surface area contributed by atoms with Gasteiger partial charge in [-0.1, -0.05) is 12.1 Å². The lowest BCUT2D eigenvalue weighted by atomic mass is 10.0. The van der Waals surface area contributed by atoms with Crippen molar-refractivity contribution < 1.29 is 18.0 Å². The van der Waals surface area contributed by atoms with Gasteiger partial charge in [0.1, 0.15) is 0 Å². The van der Waals surface area contributed by atoms with E-state index in [9.17, 15) is 18.0 Å². The minimum Gasteiger partial charge on any atom is -0.327 e. The second-order valence-electron chi connectivity index (χ2n) is 5.54. The summed E-state index contributed by atoms with van der Waals surface area (Å²) < 4.78 is 46.4. The van der Waals surface area contributed by atoms with Crippen LogP contribution in [-0.4, -0.2) is 25.6 Å². The highest BCUT2D eigenvalue weighted by Gasteiger charge is 2.38. The predicted molar refractivity (Wildman–Crippen MR) is 79.0 cm³/mol. The Morgan fingerprint density at radius 2 is 2.13 bits per heavy atom. The summed E-state index contributed by atoms with van der Waals surface area (Å²) in [5.41, 5.74) is -0.00985. The molecule has 1 aliphatic rings. The standard InChI is InChI=1S/C15H14F3N3OS/c1-9(10-3-2-4-11(7-10)15(16,17)18)21(12-5-6-12)14(22)13-8-19-23-20-13/h2-4,7-9,12H,5-6H2,1H3/t9-/m1/s1. The van der Waals surface area contributed by atoms with Crippen molar-refractivity contribution >= 4 is 17.6 Å². The minimum absolute atomic E-state index is 0.0498. The van der Waals surface area contributed by atoms with E-state index in [1.165, 1.54) is 12.3 Å². The van der Waals surface area contributed by atoms with Gasteiger partial charge in [0.25, 0.3) is 5.91 Å². The van der Waals surface area contributed by atoms with Crippen LogP contribution in [0.5, 0.6) is 0 Å². The zero-order valence-electron chi connectivity index (χ0n) is 12.2. The second kappa shape index (κ2) is 5.92. The molecule has 0 aliphatic heterocycles. The minimum atomic E-state index is -4.40. The van der Waals surface area contributed by atoms with Crippen molar-refractivity contribution in [3.63, 3.8) is 0 Å². The Kier molecular flexibility index (Phi) is 4.09. The van der Waals surface area contributed by atoms with Gasteiger partial charge in [-0.3, -0.25) is 4.79 Å². The van der Waals surface area contributed by atoms with Crippen LogP contribution < -0.4 is 0 Å². The molecule has 2 aromatic rings. The molecular weight excluding hydrogens is 327 g/mol. The quantitative estimate of drug-likeness (QED) is 0.847. The maximum atomic E-state index is 12.9. The van der Waals surface area contributed by atoms with Gasteiger partial charge in [-0.05, 0) is 37.5 Å². The Balaban J connectivity index is 1.90. The topological polar surface area (TPSA) is 46.1 Å². The molecule has 0 N–H and O–H groups in total. The van der Waals surface area contributed by atoms with Crippen molar-refractivity contribution in [3.05, 3.63) is 47.3 Å². The summed E-state index contributed by atoms with van der Waals surface area (Å²) in [4.78, 5) is 14.2. The van der Waals surface area contributed by atoms with Gasteiger partial charge in [0.15, 0.2) is 5.69 Å². The van der Waals surface area contributed by atoms with Crippen molar-refractivity contribution in [1.29, 1.82) is 0 Å². The van der Waals surface area contributed by atoms with Gasteiger partial charge >= 0.3 is 6.18 Å². The Morgan fingerprint density at radius 1 is 1.39 bits per heavy atom. The van der Waals surface area contributed by atoms with Crippen LogP contribution in [0.4, 0.5) is 13.2 Å². The molecule has 1 aromatic carbocycles. The number of amides is 1. The van der Waals surface area contributed by atoms with E-state index in [0.29, 0.717) is 5.56 Å². The molecule has 0 bridgehead atoms. The number of hydrogen-bond donors (Lipinski definition) is 0. The molecule has 122 valence electrons. The zero-order chi connectivity index (χ0) is 16.6. The summed E-state index contributed by atoms with van der Waals surface area (Å²) in [7, 11) is 0. The maximum absolute atomic E-state index is 12.9. The van der Waals surface area contributed by atoms with Crippen LogP contribution in [-0.2, 0) is 6.18 Å². The summed E-state index contributed by atoms with van der Waals surface area (Å²) in [5, 5.41) is 0. The Morgan fingerprint density at radius 3 is 2.70 bits per heavy atom. The van der Waals surface area contributed by atoms with Gasteiger partial charge in [-0.15, -0.1) is 0 Å². The van der Waals surface area contributed by atoms with E-state index in [0.717, 1.165) is 36.7 Å². The molecule has 1 saturated carbocycles. The van der Waals surface area contributed by atoms with Gasteiger partial charge in [0.05, 0.1) is 29.5 Å². The lowest BCUT2D eigenvalue weighted by Gasteiger charge is -2.29. The van der Waals surface area contributed by atoms with Crippen LogP contribution >= 0.6 is 11.7 Å². The third kappa shape index (κ3) is 3.36. The third-order valence-corrected chi connectivity index (χ3v) is 4.35. The summed E-state index contributed by atoms with van der Waals surface area (Å²) in [5.74, 6) is -0.286. The molecular formula is C15H14F3N3OS. The lowest BCUT2D eigenvalue weighted by Crippen LogP contribution is -2.35. The molecule has 1 atom stereocenters. The highest BCUT2D eigenvalue weighted by molar-refractivity contribution is 6.99. The summed E-state index contributed by atoms with van der Waals surface area (Å²) in [6, 6.07) is 4.71. The fourth-order valence-electron chi connectivity index (χ4n) is 2.54. The van der Waals surface area contributed by atoms with E-state index in [4.69, 9.17) is 0 Å². The van der Waals surface area contributed by atoms with E-state index in [-0.39, 0.29) is 17.6 Å². The maximum Gasteiger partial charge on any atom is 0.416 e. The highest BCUT2D eigenvalue weighted by atomic mass is 32.1. The highest BCUT2D eigenvalue weighted by Crippen LogP contribution is 2.37. The van der Waals surface area contributed by atoms with Crippen LogP contribution in [0.25, 0.3) is 0 Å². The first-order valence-electron chi connectivity index (χ1n) is 7.15. The summed E-state index contributed by atoms with van der Waals surface area (Å²) in [6.07, 6.45) is -1.30. The number of nitrogens with zero attached hydrogens (tertiary/aromatic N) is 3. The molecule has 4 nitrogen and oxygen atoms in total. The Labute approximate surface area is 135 Å². The molecule has 0 radical (unpaired) electrons. The monoisotopic (exact) mass is 341 g/mol. The van der Waals surface area contributed by atoms with Crippen LogP contribution in [0.3, 0.4) is 0 Å². The molecule has 1 fully saturated rings. The first-order valence-corrected chi connectivity index (χ1v) is 7.88. The molecule has 23 heavy (non-hydrogen) atoms. The molecule has 0 unspecified atom stereocenters. The molecule has 0 saturated heterocycles. The normalized spacial score (nSPS) is 16.2. The van der Waals surface area contributed by atoms with Crippen molar-refractivity contribution in [2.45, 2.75) is 38.0 Å². The van der Waals surface area contributed by atoms with E-state index in [1.54, 1.807) is 17.9 Å². The predicted octanol–water partition coefficient (Wildman–Crippen LogP) is 3.92. The number of benzene rings is 1. The van der Waals surface area contributed by atoms with Gasteiger partial charge in [-0.25, -0.2) is 0 Å². The van der Waals surface area contributed by atoms with Crippen molar-refractivity contribution in [1.82, 2.24) is 13.6 Å². The molecule has 8 heteroatoms. The molecule has 0 spiro atoms. The summed E-state index contributed by atoms with van der Waals surface area (Å²) in [6.45, 7) is 1.74. The van der Waals surface area contributed by atoms with Crippen LogP contribution in [0, 0.1) is 0 Å². The molecule has 1 heterocycles.